The molecule has 0 heterocycles. The summed E-state index contributed by atoms with van der Waals surface area (Å²) in [6, 6.07) is 7.16. The normalized spacial score (nSPS) is 10.1. The molecule has 0 saturated carbocycles. The number of amides is 1. The first-order valence-electron chi connectivity index (χ1n) is 5.47. The zero-order valence-electron chi connectivity index (χ0n) is 10.3. The topological polar surface area (TPSA) is 64.6 Å². The second-order valence-corrected chi connectivity index (χ2v) is 3.41. The van der Waals surface area contributed by atoms with E-state index in [1.165, 1.54) is 6.08 Å². The first kappa shape index (κ1) is 13.8. The van der Waals surface area contributed by atoms with Crippen LogP contribution in [0.3, 0.4) is 0 Å². The Bertz CT molecular complexity index is 437. The van der Waals surface area contributed by atoms with Crippen molar-refractivity contribution < 1.29 is 19.2 Å². The van der Waals surface area contributed by atoms with Crippen molar-refractivity contribution in [3.05, 3.63) is 35.9 Å². The lowest BCUT2D eigenvalue weighted by Crippen LogP contribution is -2.25. The van der Waals surface area contributed by atoms with E-state index in [-0.39, 0.29) is 12.3 Å². The Morgan fingerprint density at radius 1 is 1.28 bits per heavy atom. The first-order valence-corrected chi connectivity index (χ1v) is 5.47. The summed E-state index contributed by atoms with van der Waals surface area (Å²) in [4.78, 5) is 26.6. The van der Waals surface area contributed by atoms with Gasteiger partial charge in [-0.3, -0.25) is 4.79 Å². The zero-order valence-corrected chi connectivity index (χ0v) is 10.3. The molecule has 5 nitrogen and oxygen atoms in total. The molecule has 0 atom stereocenters. The fourth-order valence-electron chi connectivity index (χ4n) is 1.09. The number of nitrogens with one attached hydrogen (secondary N) is 1. The quantitative estimate of drug-likeness (QED) is 0.651. The molecule has 1 N–H and O–H groups in total. The molecule has 0 bridgehead atoms. The third-order valence-corrected chi connectivity index (χ3v) is 2.11. The first-order chi connectivity index (χ1) is 8.65. The molecule has 0 aliphatic carbocycles. The van der Waals surface area contributed by atoms with E-state index in [0.29, 0.717) is 0 Å². The molecule has 0 aromatic heterocycles. The van der Waals surface area contributed by atoms with Crippen molar-refractivity contribution >= 4 is 18.0 Å². The van der Waals surface area contributed by atoms with E-state index in [9.17, 15) is 9.59 Å². The summed E-state index contributed by atoms with van der Waals surface area (Å²) in [6.07, 6.45) is 3.08. The molecule has 0 saturated heterocycles. The Morgan fingerprint density at radius 2 is 1.94 bits per heavy atom. The minimum Gasteiger partial charge on any atom is -0.497 e. The van der Waals surface area contributed by atoms with Gasteiger partial charge in [-0.05, 0) is 23.8 Å². The van der Waals surface area contributed by atoms with E-state index < -0.39 is 5.97 Å². The fraction of sp³-hybridized carbons (Fsp3) is 0.231. The highest BCUT2D eigenvalue weighted by atomic mass is 16.7. The van der Waals surface area contributed by atoms with Crippen molar-refractivity contribution in [1.29, 1.82) is 0 Å². The molecule has 18 heavy (non-hydrogen) atoms. The van der Waals surface area contributed by atoms with E-state index in [1.54, 1.807) is 44.4 Å². The smallest absolute Gasteiger partial charge is 0.355 e. The second-order valence-electron chi connectivity index (χ2n) is 3.41. The summed E-state index contributed by atoms with van der Waals surface area (Å²) in [6.45, 7) is 1.66. The number of benzene rings is 1. The van der Waals surface area contributed by atoms with Crippen molar-refractivity contribution in [3.8, 4) is 5.75 Å². The van der Waals surface area contributed by atoms with Gasteiger partial charge < -0.3 is 9.57 Å². The summed E-state index contributed by atoms with van der Waals surface area (Å²) in [5.41, 5.74) is 2.86. The predicted molar refractivity (Wildman–Crippen MR) is 66.6 cm³/mol. The number of hydroxylamine groups is 1. The molecule has 1 rings (SSSR count). The maximum atomic E-state index is 11.2. The summed E-state index contributed by atoms with van der Waals surface area (Å²) in [5.74, 6) is -0.237. The van der Waals surface area contributed by atoms with Gasteiger partial charge in [-0.25, -0.2) is 4.79 Å². The maximum Gasteiger partial charge on any atom is 0.355 e. The van der Waals surface area contributed by atoms with Crippen molar-refractivity contribution in [2.45, 2.75) is 13.3 Å². The molecule has 0 spiro atoms. The van der Waals surface area contributed by atoms with Crippen LogP contribution in [0, 0.1) is 0 Å². The van der Waals surface area contributed by atoms with E-state index in [1.807, 2.05) is 5.48 Å². The highest BCUT2D eigenvalue weighted by molar-refractivity contribution is 5.88. The van der Waals surface area contributed by atoms with Crippen LogP contribution in [0.2, 0.25) is 0 Å². The number of carbonyl (C=O) groups is 2. The van der Waals surface area contributed by atoms with Gasteiger partial charge in [0.2, 0.25) is 0 Å². The lowest BCUT2D eigenvalue weighted by Gasteiger charge is -2.01. The van der Waals surface area contributed by atoms with Crippen LogP contribution in [0.5, 0.6) is 5.75 Å². The summed E-state index contributed by atoms with van der Waals surface area (Å²) < 4.78 is 5.01. The van der Waals surface area contributed by atoms with Crippen LogP contribution in [0.25, 0.3) is 6.08 Å². The molecular weight excluding hydrogens is 234 g/mol. The van der Waals surface area contributed by atoms with Crippen molar-refractivity contribution in [2.75, 3.05) is 7.11 Å². The van der Waals surface area contributed by atoms with E-state index >= 15 is 0 Å². The fourth-order valence-corrected chi connectivity index (χ4v) is 1.09. The Labute approximate surface area is 105 Å². The number of methoxy groups -OCH3 is 1. The van der Waals surface area contributed by atoms with Crippen LogP contribution in [0.1, 0.15) is 18.9 Å². The highest BCUT2D eigenvalue weighted by Crippen LogP contribution is 2.12. The largest absolute Gasteiger partial charge is 0.497 e. The van der Waals surface area contributed by atoms with Gasteiger partial charge in [-0.1, -0.05) is 19.1 Å². The summed E-state index contributed by atoms with van der Waals surface area (Å²) in [5, 5.41) is 0. The van der Waals surface area contributed by atoms with Gasteiger partial charge in [-0.2, -0.15) is 5.48 Å². The van der Waals surface area contributed by atoms with Crippen LogP contribution in [0.4, 0.5) is 0 Å². The second kappa shape index (κ2) is 7.11. The minimum absolute atomic E-state index is 0.259. The molecule has 0 aliphatic heterocycles. The molecule has 1 aromatic rings. The monoisotopic (exact) mass is 249 g/mol. The van der Waals surface area contributed by atoms with Crippen LogP contribution in [-0.4, -0.2) is 19.0 Å². The van der Waals surface area contributed by atoms with Gasteiger partial charge in [0.15, 0.2) is 0 Å². The Morgan fingerprint density at radius 3 is 2.50 bits per heavy atom. The van der Waals surface area contributed by atoms with E-state index in [0.717, 1.165) is 11.3 Å². The molecule has 96 valence electrons. The maximum absolute atomic E-state index is 11.2. The zero-order chi connectivity index (χ0) is 13.4. The van der Waals surface area contributed by atoms with Crippen LogP contribution >= 0.6 is 0 Å². The molecule has 0 fully saturated rings. The third kappa shape index (κ3) is 4.69. The van der Waals surface area contributed by atoms with Crippen LogP contribution in [-0.2, 0) is 14.4 Å². The number of hydrogen-bond donors (Lipinski definition) is 1. The highest BCUT2D eigenvalue weighted by Gasteiger charge is 2.00. The SMILES string of the molecule is CCC(=O)NOC(=O)C=Cc1ccc(OC)cc1. The van der Waals surface area contributed by atoms with Gasteiger partial charge >= 0.3 is 5.97 Å². The van der Waals surface area contributed by atoms with Gasteiger partial charge in [0, 0.05) is 12.5 Å². The number of hydrogen-bond acceptors (Lipinski definition) is 4. The van der Waals surface area contributed by atoms with Crippen molar-refractivity contribution in [1.82, 2.24) is 5.48 Å². The molecule has 5 heteroatoms. The average molecular weight is 249 g/mol. The Kier molecular flexibility index (Phi) is 5.44. The standard InChI is InChI=1S/C13H15NO4/c1-3-12(15)14-18-13(16)9-6-10-4-7-11(17-2)8-5-10/h4-9H,3H2,1-2H3,(H,14,15). The molecule has 1 aromatic carbocycles. The molecular formula is C13H15NO4. The third-order valence-electron chi connectivity index (χ3n) is 2.11. The van der Waals surface area contributed by atoms with Gasteiger partial charge in [-0.15, -0.1) is 0 Å². The Hall–Kier alpha value is -2.30. The Balaban J connectivity index is 2.47. The minimum atomic E-state index is -0.632. The predicted octanol–water partition coefficient (Wildman–Crippen LogP) is 1.69. The summed E-state index contributed by atoms with van der Waals surface area (Å²) >= 11 is 0. The summed E-state index contributed by atoms with van der Waals surface area (Å²) in [7, 11) is 1.58. The van der Waals surface area contributed by atoms with Gasteiger partial charge in [0.1, 0.15) is 5.75 Å². The lowest BCUT2D eigenvalue weighted by molar-refractivity contribution is -0.153. The van der Waals surface area contributed by atoms with Crippen molar-refractivity contribution in [2.24, 2.45) is 0 Å². The average Bonchev–Trinajstić information content (AvgIpc) is 2.42. The molecule has 0 aliphatic rings. The number of carbonyl (C=O) groups excluding carboxylic acids is 2. The van der Waals surface area contributed by atoms with E-state index in [4.69, 9.17) is 4.74 Å². The van der Waals surface area contributed by atoms with Crippen LogP contribution in [0.15, 0.2) is 30.3 Å². The number of ether oxygens (including phenoxy) is 1. The van der Waals surface area contributed by atoms with Gasteiger partial charge in [0.25, 0.3) is 5.91 Å². The van der Waals surface area contributed by atoms with Gasteiger partial charge in [0.05, 0.1) is 7.11 Å². The molecule has 0 unspecified atom stereocenters. The van der Waals surface area contributed by atoms with E-state index in [2.05, 4.69) is 4.84 Å². The van der Waals surface area contributed by atoms with Crippen molar-refractivity contribution in [3.63, 3.8) is 0 Å². The number of rotatable bonds is 4. The lowest BCUT2D eigenvalue weighted by atomic mass is 10.2. The van der Waals surface area contributed by atoms with Crippen LogP contribution < -0.4 is 10.2 Å². The molecule has 1 amide bonds. The molecule has 0 radical (unpaired) electrons.